The van der Waals surface area contributed by atoms with E-state index in [0.717, 1.165) is 6.42 Å². The van der Waals surface area contributed by atoms with Crippen LogP contribution in [-0.4, -0.2) is 19.4 Å². The summed E-state index contributed by atoms with van der Waals surface area (Å²) in [5.41, 5.74) is 0.250. The van der Waals surface area contributed by atoms with Crippen molar-refractivity contribution in [2.24, 2.45) is 17.3 Å². The summed E-state index contributed by atoms with van der Waals surface area (Å²) in [6, 6.07) is 0. The van der Waals surface area contributed by atoms with Crippen LogP contribution < -0.4 is 0 Å². The van der Waals surface area contributed by atoms with Gasteiger partial charge in [-0.2, -0.15) is 0 Å². The standard InChI is InChI=1S/C10H16O2S/c1-7-6-10(7)4-2-8-3-5-13(11,12)9(8)10/h7-9H,2-6H2,1H3. The molecule has 3 fully saturated rings. The van der Waals surface area contributed by atoms with Crippen molar-refractivity contribution in [3.63, 3.8) is 0 Å². The number of sulfone groups is 1. The van der Waals surface area contributed by atoms with Crippen molar-refractivity contribution in [2.45, 2.75) is 37.9 Å². The fourth-order valence-corrected chi connectivity index (χ4v) is 6.77. The first-order valence-corrected chi connectivity index (χ1v) is 6.99. The highest BCUT2D eigenvalue weighted by molar-refractivity contribution is 7.92. The second-order valence-electron chi connectivity index (χ2n) is 5.21. The van der Waals surface area contributed by atoms with E-state index in [1.165, 1.54) is 19.3 Å². The molecule has 1 heterocycles. The van der Waals surface area contributed by atoms with Gasteiger partial charge in [0.1, 0.15) is 0 Å². The minimum atomic E-state index is -2.70. The monoisotopic (exact) mass is 200 g/mol. The Balaban J connectivity index is 2.05. The molecule has 1 aliphatic heterocycles. The summed E-state index contributed by atoms with van der Waals surface area (Å²) in [6.45, 7) is 2.22. The Hall–Kier alpha value is -0.0500. The van der Waals surface area contributed by atoms with Crippen LogP contribution in [0.15, 0.2) is 0 Å². The Morgan fingerprint density at radius 3 is 2.62 bits per heavy atom. The van der Waals surface area contributed by atoms with Crippen LogP contribution in [0.25, 0.3) is 0 Å². The molecule has 4 unspecified atom stereocenters. The van der Waals surface area contributed by atoms with Gasteiger partial charge in [-0.25, -0.2) is 8.42 Å². The van der Waals surface area contributed by atoms with Gasteiger partial charge in [0.2, 0.25) is 0 Å². The average molecular weight is 200 g/mol. The molecule has 0 amide bonds. The molecular weight excluding hydrogens is 184 g/mol. The Kier molecular flexibility index (Phi) is 1.35. The Bertz CT molecular complexity index is 346. The SMILES string of the molecule is CC1CC12CCC1CCS(=O)(=O)C12. The van der Waals surface area contributed by atoms with Crippen molar-refractivity contribution in [3.05, 3.63) is 0 Å². The van der Waals surface area contributed by atoms with E-state index in [1.807, 2.05) is 0 Å². The molecule has 4 atom stereocenters. The second-order valence-corrected chi connectivity index (χ2v) is 7.46. The van der Waals surface area contributed by atoms with E-state index in [0.29, 0.717) is 17.6 Å². The minimum Gasteiger partial charge on any atom is -0.229 e. The van der Waals surface area contributed by atoms with E-state index >= 15 is 0 Å². The fourth-order valence-electron chi connectivity index (χ4n) is 3.86. The molecular formula is C10H16O2S. The van der Waals surface area contributed by atoms with Crippen LogP contribution in [0.1, 0.15) is 32.6 Å². The van der Waals surface area contributed by atoms with Gasteiger partial charge in [0.25, 0.3) is 0 Å². The van der Waals surface area contributed by atoms with E-state index in [-0.39, 0.29) is 10.7 Å². The van der Waals surface area contributed by atoms with Crippen molar-refractivity contribution < 1.29 is 8.42 Å². The second kappa shape index (κ2) is 2.13. The molecule has 13 heavy (non-hydrogen) atoms. The molecule has 2 aliphatic carbocycles. The molecule has 3 aliphatic rings. The molecule has 0 aromatic rings. The van der Waals surface area contributed by atoms with Crippen LogP contribution in [0.4, 0.5) is 0 Å². The van der Waals surface area contributed by atoms with E-state index in [2.05, 4.69) is 6.92 Å². The summed E-state index contributed by atoms with van der Waals surface area (Å²) in [4.78, 5) is 0. The highest BCUT2D eigenvalue weighted by Gasteiger charge is 2.67. The van der Waals surface area contributed by atoms with Crippen LogP contribution in [0.3, 0.4) is 0 Å². The zero-order valence-electron chi connectivity index (χ0n) is 7.99. The molecule has 3 heteroatoms. The maximum atomic E-state index is 11.8. The van der Waals surface area contributed by atoms with Gasteiger partial charge in [0.05, 0.1) is 11.0 Å². The third kappa shape index (κ3) is 0.867. The zero-order valence-corrected chi connectivity index (χ0v) is 8.81. The third-order valence-corrected chi connectivity index (χ3v) is 7.08. The van der Waals surface area contributed by atoms with Gasteiger partial charge in [-0.15, -0.1) is 0 Å². The van der Waals surface area contributed by atoms with Crippen molar-refractivity contribution in [1.29, 1.82) is 0 Å². The molecule has 2 nitrogen and oxygen atoms in total. The summed E-state index contributed by atoms with van der Waals surface area (Å²) in [5.74, 6) is 1.67. The predicted octanol–water partition coefficient (Wildman–Crippen LogP) is 1.61. The van der Waals surface area contributed by atoms with Crippen molar-refractivity contribution in [3.8, 4) is 0 Å². The summed E-state index contributed by atoms with van der Waals surface area (Å²) >= 11 is 0. The van der Waals surface area contributed by atoms with Crippen LogP contribution >= 0.6 is 0 Å². The van der Waals surface area contributed by atoms with Crippen molar-refractivity contribution >= 4 is 9.84 Å². The van der Waals surface area contributed by atoms with Gasteiger partial charge in [0, 0.05) is 0 Å². The predicted molar refractivity (Wildman–Crippen MR) is 51.1 cm³/mol. The first-order chi connectivity index (χ1) is 6.06. The summed E-state index contributed by atoms with van der Waals surface area (Å²) in [6.07, 6.45) is 4.48. The maximum absolute atomic E-state index is 11.8. The van der Waals surface area contributed by atoms with Crippen LogP contribution in [0.5, 0.6) is 0 Å². The van der Waals surface area contributed by atoms with Crippen molar-refractivity contribution in [1.82, 2.24) is 0 Å². The third-order valence-electron chi connectivity index (χ3n) is 4.64. The molecule has 2 saturated carbocycles. The maximum Gasteiger partial charge on any atom is 0.154 e. The van der Waals surface area contributed by atoms with Crippen molar-refractivity contribution in [2.75, 3.05) is 5.75 Å². The van der Waals surface area contributed by atoms with Crippen LogP contribution in [0.2, 0.25) is 0 Å². The highest BCUT2D eigenvalue weighted by Crippen LogP contribution is 2.67. The first-order valence-electron chi connectivity index (χ1n) is 5.28. The highest BCUT2D eigenvalue weighted by atomic mass is 32.2. The number of hydrogen-bond donors (Lipinski definition) is 0. The summed E-state index contributed by atoms with van der Waals surface area (Å²) in [5, 5.41) is 0.0648. The molecule has 0 N–H and O–H groups in total. The van der Waals surface area contributed by atoms with Gasteiger partial charge < -0.3 is 0 Å². The van der Waals surface area contributed by atoms with E-state index in [9.17, 15) is 8.42 Å². The largest absolute Gasteiger partial charge is 0.229 e. The van der Waals surface area contributed by atoms with E-state index in [4.69, 9.17) is 0 Å². The minimum absolute atomic E-state index is 0.0648. The van der Waals surface area contributed by atoms with Crippen LogP contribution in [0, 0.1) is 17.3 Å². The van der Waals surface area contributed by atoms with Gasteiger partial charge in [-0.3, -0.25) is 0 Å². The quantitative estimate of drug-likeness (QED) is 0.595. The molecule has 1 saturated heterocycles. The normalized spacial score (nSPS) is 56.8. The van der Waals surface area contributed by atoms with Gasteiger partial charge >= 0.3 is 0 Å². The van der Waals surface area contributed by atoms with Gasteiger partial charge in [-0.05, 0) is 42.9 Å². The first kappa shape index (κ1) is 8.27. The molecule has 1 spiro atoms. The summed E-state index contributed by atoms with van der Waals surface area (Å²) < 4.78 is 23.7. The fraction of sp³-hybridized carbons (Fsp3) is 1.00. The molecule has 0 aromatic heterocycles. The lowest BCUT2D eigenvalue weighted by molar-refractivity contribution is 0.454. The molecule has 0 radical (unpaired) electrons. The number of fused-ring (bicyclic) bond motifs is 2. The lowest BCUT2D eigenvalue weighted by Crippen LogP contribution is -2.27. The van der Waals surface area contributed by atoms with E-state index in [1.54, 1.807) is 0 Å². The molecule has 74 valence electrons. The Labute approximate surface area is 79.6 Å². The smallest absolute Gasteiger partial charge is 0.154 e. The number of hydrogen-bond acceptors (Lipinski definition) is 2. The topological polar surface area (TPSA) is 34.1 Å². The lowest BCUT2D eigenvalue weighted by Gasteiger charge is -2.17. The molecule has 0 bridgehead atoms. The van der Waals surface area contributed by atoms with Gasteiger partial charge in [-0.1, -0.05) is 6.92 Å². The van der Waals surface area contributed by atoms with Gasteiger partial charge in [0.15, 0.2) is 9.84 Å². The number of rotatable bonds is 0. The van der Waals surface area contributed by atoms with Crippen LogP contribution in [-0.2, 0) is 9.84 Å². The molecule has 3 rings (SSSR count). The average Bonchev–Trinajstić information content (AvgIpc) is 2.43. The zero-order chi connectivity index (χ0) is 9.27. The van der Waals surface area contributed by atoms with E-state index < -0.39 is 9.84 Å². The Morgan fingerprint density at radius 1 is 1.31 bits per heavy atom. The molecule has 0 aromatic carbocycles. The summed E-state index contributed by atoms with van der Waals surface area (Å²) in [7, 11) is -2.70. The Morgan fingerprint density at radius 2 is 2.00 bits per heavy atom. The lowest BCUT2D eigenvalue weighted by atomic mass is 9.98.